The Kier molecular flexibility index (Phi) is 22.1. The Balaban J connectivity index is 1.65. The first-order valence-corrected chi connectivity index (χ1v) is 24.7. The second kappa shape index (κ2) is 29.0. The largest absolute Gasteiger partial charge is 0.480 e. The molecule has 5 rings (SSSR count). The number of carbonyl (C=O) groups is 11. The predicted molar refractivity (Wildman–Crippen MR) is 281 cm³/mol. The number of aliphatic carboxylic acids is 5. The normalized spacial score (nSPS) is 12.7. The van der Waals surface area contributed by atoms with Crippen molar-refractivity contribution in [2.75, 3.05) is 32.7 Å². The van der Waals surface area contributed by atoms with Gasteiger partial charge in [0, 0.05) is 39.0 Å². The average molecular weight is 1090 g/mol. The number of primary amides is 1. The van der Waals surface area contributed by atoms with E-state index in [4.69, 9.17) is 5.73 Å². The molecule has 79 heavy (non-hydrogen) atoms. The topological polar surface area (TPSA) is 331 Å². The number of carbonyl (C=O) groups excluding carboxylic acids is 6. The molecule has 22 nitrogen and oxygen atoms in total. The summed E-state index contributed by atoms with van der Waals surface area (Å²) in [5.74, 6) is -15.8. The van der Waals surface area contributed by atoms with Gasteiger partial charge in [-0.15, -0.1) is 0 Å². The predicted octanol–water partition coefficient (Wildman–Crippen LogP) is 2.11. The maximum atomic E-state index is 15.2. The highest BCUT2D eigenvalue weighted by Gasteiger charge is 2.42. The molecule has 0 aliphatic heterocycles. The molecule has 5 atom stereocenters. The minimum atomic E-state index is -2.06. The lowest BCUT2D eigenvalue weighted by molar-refractivity contribution is -0.161. The molecule has 5 aromatic carbocycles. The Morgan fingerprint density at radius 1 is 0.316 bits per heavy atom. The lowest BCUT2D eigenvalue weighted by Gasteiger charge is -2.37. The lowest BCUT2D eigenvalue weighted by atomic mass is 10.0. The van der Waals surface area contributed by atoms with Gasteiger partial charge in [-0.2, -0.15) is 0 Å². The summed E-state index contributed by atoms with van der Waals surface area (Å²) in [7, 11) is 0. The Morgan fingerprint density at radius 2 is 0.494 bits per heavy atom. The number of amides is 6. The van der Waals surface area contributed by atoms with E-state index in [1.165, 1.54) is 36.4 Å². The summed E-state index contributed by atoms with van der Waals surface area (Å²) in [6.07, 6.45) is -2.26. The number of hydrogen-bond acceptors (Lipinski definition) is 11. The van der Waals surface area contributed by atoms with Crippen LogP contribution in [-0.2, 0) is 84.8 Å². The van der Waals surface area contributed by atoms with E-state index in [2.05, 4.69) is 0 Å². The quantitative estimate of drug-likeness (QED) is 0.0384. The highest BCUT2D eigenvalue weighted by molar-refractivity contribution is 5.97. The minimum absolute atomic E-state index is 0.288. The zero-order chi connectivity index (χ0) is 57.8. The average Bonchev–Trinajstić information content (AvgIpc) is 3.42. The third-order valence-corrected chi connectivity index (χ3v) is 12.9. The van der Waals surface area contributed by atoms with Crippen molar-refractivity contribution >= 4 is 65.3 Å². The maximum Gasteiger partial charge on any atom is 0.326 e. The zero-order valence-corrected chi connectivity index (χ0v) is 42.9. The maximum absolute atomic E-state index is 15.2. The van der Waals surface area contributed by atoms with Crippen LogP contribution in [0.25, 0.3) is 0 Å². The monoisotopic (exact) mass is 1080 g/mol. The second-order valence-corrected chi connectivity index (χ2v) is 18.4. The summed E-state index contributed by atoms with van der Waals surface area (Å²) in [6.45, 7) is -5.17. The first-order chi connectivity index (χ1) is 37.6. The summed E-state index contributed by atoms with van der Waals surface area (Å²) in [4.78, 5) is 154. The number of nitrogens with two attached hydrogens (primary N) is 1. The van der Waals surface area contributed by atoms with E-state index in [1.807, 2.05) is 0 Å². The van der Waals surface area contributed by atoms with Gasteiger partial charge in [-0.25, -0.2) is 24.0 Å². The lowest BCUT2D eigenvalue weighted by Crippen LogP contribution is -2.60. The number of hydrogen-bond donors (Lipinski definition) is 6. The smallest absolute Gasteiger partial charge is 0.326 e. The standard InChI is InChI=1S/C57H60N6O16/c1-37(64)59(43(53(70)71)27-38-17-7-2-8-18-38)33-49(66)61(45(55(74)75)29-40-21-11-4-12-22-40)35-51(68)63(47(57(78)79)31-42-25-15-6-16-26-42)36-52(69)62(46(56(76)77)30-41-23-13-5-14-24-41)34-50(67)60(32-48(58)65)44(54(72)73)28-39-19-9-3-10-20-39/h2-26,43-47H,27-36H2,1H3,(H2,58,65)(H,70,71)(H,72,73)(H,74,75)(H,76,77)(H,78,79)/t43-,44-,45-,46-,47-/m0/s1. The van der Waals surface area contributed by atoms with Gasteiger partial charge >= 0.3 is 29.8 Å². The van der Waals surface area contributed by atoms with E-state index in [0.29, 0.717) is 46.8 Å². The van der Waals surface area contributed by atoms with Gasteiger partial charge in [0.15, 0.2) is 0 Å². The van der Waals surface area contributed by atoms with Crippen LogP contribution in [0.15, 0.2) is 152 Å². The molecule has 0 bridgehead atoms. The first-order valence-electron chi connectivity index (χ1n) is 24.7. The highest BCUT2D eigenvalue weighted by atomic mass is 16.4. The molecule has 0 fully saturated rings. The Labute approximate surface area is 453 Å². The van der Waals surface area contributed by atoms with Crippen LogP contribution >= 0.6 is 0 Å². The molecule has 7 N–H and O–H groups in total. The van der Waals surface area contributed by atoms with Crippen LogP contribution in [0.3, 0.4) is 0 Å². The molecule has 0 aliphatic rings. The van der Waals surface area contributed by atoms with Crippen LogP contribution in [0.1, 0.15) is 34.7 Å². The molecule has 5 aromatic rings. The third-order valence-electron chi connectivity index (χ3n) is 12.9. The van der Waals surface area contributed by atoms with Crippen LogP contribution in [0.2, 0.25) is 0 Å². The molecular formula is C57H60N6O16. The molecular weight excluding hydrogens is 1020 g/mol. The third kappa shape index (κ3) is 17.7. The summed E-state index contributed by atoms with van der Waals surface area (Å²) in [5.41, 5.74) is 7.29. The van der Waals surface area contributed by atoms with Gasteiger partial charge in [-0.05, 0) is 27.8 Å². The van der Waals surface area contributed by atoms with Crippen LogP contribution in [0, 0.1) is 0 Å². The molecule has 22 heteroatoms. The molecule has 0 unspecified atom stereocenters. The summed E-state index contributed by atoms with van der Waals surface area (Å²) >= 11 is 0. The highest BCUT2D eigenvalue weighted by Crippen LogP contribution is 2.20. The van der Waals surface area contributed by atoms with Crippen LogP contribution in [0.5, 0.6) is 0 Å². The molecule has 0 saturated heterocycles. The van der Waals surface area contributed by atoms with Gasteiger partial charge in [-0.1, -0.05) is 152 Å². The van der Waals surface area contributed by atoms with Gasteiger partial charge in [0.05, 0.1) is 0 Å². The fourth-order valence-corrected chi connectivity index (χ4v) is 8.88. The van der Waals surface area contributed by atoms with Crippen LogP contribution in [0.4, 0.5) is 0 Å². The van der Waals surface area contributed by atoms with Crippen molar-refractivity contribution in [1.29, 1.82) is 0 Å². The van der Waals surface area contributed by atoms with Crippen molar-refractivity contribution in [2.45, 2.75) is 69.2 Å². The van der Waals surface area contributed by atoms with Gasteiger partial charge in [-0.3, -0.25) is 28.8 Å². The number of benzene rings is 5. The van der Waals surface area contributed by atoms with Gasteiger partial charge < -0.3 is 55.8 Å². The molecule has 6 amide bonds. The molecule has 0 heterocycles. The van der Waals surface area contributed by atoms with Crippen molar-refractivity contribution in [3.63, 3.8) is 0 Å². The van der Waals surface area contributed by atoms with E-state index in [1.54, 1.807) is 115 Å². The van der Waals surface area contributed by atoms with E-state index in [-0.39, 0.29) is 18.4 Å². The SMILES string of the molecule is CC(=O)N(CC(=O)N(CC(=O)N(CC(=O)N(CC(=O)N(CC(N)=O)[C@@H](Cc1ccccc1)C(=O)O)[C@@H](Cc1ccccc1)C(=O)O)[C@@H](Cc1ccccc1)C(=O)O)[C@@H](Cc1ccccc1)C(=O)O)[C@@H](Cc1ccccc1)C(=O)O. The van der Waals surface area contributed by atoms with Crippen LogP contribution < -0.4 is 5.73 Å². The van der Waals surface area contributed by atoms with Crippen molar-refractivity contribution in [3.05, 3.63) is 179 Å². The molecule has 0 spiro atoms. The zero-order valence-electron chi connectivity index (χ0n) is 42.9. The Hall–Kier alpha value is -9.73. The van der Waals surface area contributed by atoms with Crippen molar-refractivity contribution in [2.24, 2.45) is 5.73 Å². The molecule has 0 aromatic heterocycles. The fourth-order valence-electron chi connectivity index (χ4n) is 8.88. The second-order valence-electron chi connectivity index (χ2n) is 18.4. The van der Waals surface area contributed by atoms with Crippen molar-refractivity contribution in [1.82, 2.24) is 24.5 Å². The summed E-state index contributed by atoms with van der Waals surface area (Å²) < 4.78 is 0. The van der Waals surface area contributed by atoms with Crippen molar-refractivity contribution < 1.29 is 78.3 Å². The van der Waals surface area contributed by atoms with E-state index < -0.39 is 147 Å². The van der Waals surface area contributed by atoms with Gasteiger partial charge in [0.2, 0.25) is 35.4 Å². The number of nitrogens with zero attached hydrogens (tertiary/aromatic N) is 5. The van der Waals surface area contributed by atoms with Crippen molar-refractivity contribution in [3.8, 4) is 0 Å². The number of rotatable bonds is 30. The Bertz CT molecular complexity index is 2950. The summed E-state index contributed by atoms with van der Waals surface area (Å²) in [6, 6.07) is 29.6. The Morgan fingerprint density at radius 3 is 0.671 bits per heavy atom. The number of carboxylic acids is 5. The number of carboxylic acid groups (broad SMARTS) is 5. The van der Waals surface area contributed by atoms with Crippen LogP contribution in [-0.4, -0.2) is 178 Å². The van der Waals surface area contributed by atoms with E-state index in [9.17, 15) is 68.7 Å². The minimum Gasteiger partial charge on any atom is -0.480 e. The summed E-state index contributed by atoms with van der Waals surface area (Å²) in [5, 5.41) is 53.4. The molecule has 0 saturated carbocycles. The van der Waals surface area contributed by atoms with Gasteiger partial charge in [0.1, 0.15) is 62.9 Å². The molecule has 414 valence electrons. The van der Waals surface area contributed by atoms with E-state index in [0.717, 1.165) is 6.92 Å². The fraction of sp³-hybridized carbons (Fsp3) is 0.281. The molecule has 0 radical (unpaired) electrons. The van der Waals surface area contributed by atoms with Gasteiger partial charge in [0.25, 0.3) is 0 Å². The first kappa shape index (κ1) is 60.1. The molecule has 0 aliphatic carbocycles. The van der Waals surface area contributed by atoms with E-state index >= 15 is 9.59 Å².